The van der Waals surface area contributed by atoms with Crippen molar-refractivity contribution in [1.29, 1.82) is 0 Å². The highest BCUT2D eigenvalue weighted by molar-refractivity contribution is 8.00. The number of amides is 1. The number of carbonyl (C=O) groups excluding carboxylic acids is 1. The van der Waals surface area contributed by atoms with E-state index in [0.717, 1.165) is 18.0 Å². The normalized spacial score (nSPS) is 17.8. The summed E-state index contributed by atoms with van der Waals surface area (Å²) in [7, 11) is 0. The van der Waals surface area contributed by atoms with Crippen LogP contribution in [-0.2, 0) is 9.53 Å². The number of ether oxygens (including phenoxy) is 1. The molecule has 17 heavy (non-hydrogen) atoms. The van der Waals surface area contributed by atoms with Gasteiger partial charge in [-0.1, -0.05) is 18.2 Å². The van der Waals surface area contributed by atoms with Crippen LogP contribution in [0.4, 0.5) is 0 Å². The number of hydrogen-bond acceptors (Lipinski definition) is 3. The molecule has 92 valence electrons. The molecule has 1 fully saturated rings. The highest BCUT2D eigenvalue weighted by atomic mass is 32.2. The molecule has 1 aromatic carbocycles. The van der Waals surface area contributed by atoms with Gasteiger partial charge < -0.3 is 9.64 Å². The summed E-state index contributed by atoms with van der Waals surface area (Å²) < 4.78 is 5.25. The summed E-state index contributed by atoms with van der Waals surface area (Å²) in [4.78, 5) is 15.2. The maximum atomic E-state index is 12.2. The quantitative estimate of drug-likeness (QED) is 0.770. The van der Waals surface area contributed by atoms with Gasteiger partial charge in [0, 0.05) is 18.0 Å². The first-order valence-corrected chi connectivity index (χ1v) is 6.73. The average Bonchev–Trinajstić information content (AvgIpc) is 2.40. The van der Waals surface area contributed by atoms with Crippen molar-refractivity contribution in [2.24, 2.45) is 0 Å². The number of nitrogens with zero attached hydrogens (tertiary/aromatic N) is 1. The molecule has 0 N–H and O–H groups in total. The van der Waals surface area contributed by atoms with Crippen molar-refractivity contribution in [2.75, 3.05) is 26.3 Å². The van der Waals surface area contributed by atoms with E-state index in [2.05, 4.69) is 0 Å². The van der Waals surface area contributed by atoms with Gasteiger partial charge in [-0.3, -0.25) is 4.79 Å². The highest BCUT2D eigenvalue weighted by Gasteiger charge is 2.22. The van der Waals surface area contributed by atoms with Crippen molar-refractivity contribution in [3.05, 3.63) is 30.3 Å². The van der Waals surface area contributed by atoms with Crippen LogP contribution in [0.25, 0.3) is 0 Å². The second-order valence-corrected chi connectivity index (χ2v) is 5.43. The van der Waals surface area contributed by atoms with Gasteiger partial charge in [0.1, 0.15) is 0 Å². The summed E-state index contributed by atoms with van der Waals surface area (Å²) in [6.07, 6.45) is 0. The molecule has 0 radical (unpaired) electrons. The van der Waals surface area contributed by atoms with Gasteiger partial charge in [-0.05, 0) is 19.1 Å². The number of thioether (sulfide) groups is 1. The first-order chi connectivity index (χ1) is 8.27. The molecule has 2 rings (SSSR count). The number of benzene rings is 1. The van der Waals surface area contributed by atoms with Crippen molar-refractivity contribution in [1.82, 2.24) is 4.90 Å². The molecule has 1 aliphatic rings. The van der Waals surface area contributed by atoms with Crippen LogP contribution < -0.4 is 0 Å². The number of rotatable bonds is 3. The van der Waals surface area contributed by atoms with Gasteiger partial charge in [0.05, 0.1) is 18.5 Å². The van der Waals surface area contributed by atoms with Crippen molar-refractivity contribution < 1.29 is 9.53 Å². The molecule has 3 nitrogen and oxygen atoms in total. The fourth-order valence-electron chi connectivity index (χ4n) is 1.79. The Kier molecular flexibility index (Phi) is 4.45. The fourth-order valence-corrected chi connectivity index (χ4v) is 2.77. The van der Waals surface area contributed by atoms with Crippen LogP contribution in [0.3, 0.4) is 0 Å². The molecule has 0 aliphatic carbocycles. The minimum atomic E-state index is -0.0319. The Labute approximate surface area is 106 Å². The van der Waals surface area contributed by atoms with E-state index in [1.807, 2.05) is 42.2 Å². The monoisotopic (exact) mass is 251 g/mol. The van der Waals surface area contributed by atoms with Gasteiger partial charge in [0.25, 0.3) is 0 Å². The lowest BCUT2D eigenvalue weighted by atomic mass is 10.3. The summed E-state index contributed by atoms with van der Waals surface area (Å²) in [6.45, 7) is 4.73. The third-order valence-corrected chi connectivity index (χ3v) is 3.83. The largest absolute Gasteiger partial charge is 0.378 e. The van der Waals surface area contributed by atoms with E-state index >= 15 is 0 Å². The van der Waals surface area contributed by atoms with Crippen LogP contribution in [0, 0.1) is 0 Å². The molecule has 0 bridgehead atoms. The molecule has 4 heteroatoms. The molecular weight excluding hydrogens is 234 g/mol. The van der Waals surface area contributed by atoms with E-state index in [9.17, 15) is 4.79 Å². The maximum Gasteiger partial charge on any atom is 0.235 e. The fraction of sp³-hybridized carbons (Fsp3) is 0.462. The molecule has 1 aromatic rings. The van der Waals surface area contributed by atoms with E-state index in [4.69, 9.17) is 4.74 Å². The lowest BCUT2D eigenvalue weighted by Gasteiger charge is -2.29. The van der Waals surface area contributed by atoms with E-state index in [1.165, 1.54) is 0 Å². The SMILES string of the molecule is C[C@@H](Sc1ccccc1)C(=O)N1CCOCC1. The third-order valence-electron chi connectivity index (χ3n) is 2.73. The van der Waals surface area contributed by atoms with Gasteiger partial charge in [0.15, 0.2) is 0 Å². The third kappa shape index (κ3) is 3.48. The number of hydrogen-bond donors (Lipinski definition) is 0. The van der Waals surface area contributed by atoms with Crippen LogP contribution in [0.2, 0.25) is 0 Å². The van der Waals surface area contributed by atoms with Gasteiger partial charge in [0.2, 0.25) is 5.91 Å². The van der Waals surface area contributed by atoms with Crippen LogP contribution in [0.5, 0.6) is 0 Å². The Balaban J connectivity index is 1.90. The Morgan fingerprint density at radius 2 is 1.94 bits per heavy atom. The standard InChI is InChI=1S/C13H17NO2S/c1-11(17-12-5-3-2-4-6-12)13(15)14-7-9-16-10-8-14/h2-6,11H,7-10H2,1H3/t11-/m1/s1. The first-order valence-electron chi connectivity index (χ1n) is 5.85. The minimum absolute atomic E-state index is 0.0319. The number of carbonyl (C=O) groups is 1. The van der Waals surface area contributed by atoms with Crippen LogP contribution in [0.1, 0.15) is 6.92 Å². The molecule has 0 aromatic heterocycles. The molecule has 1 amide bonds. The summed E-state index contributed by atoms with van der Waals surface area (Å²) in [5.41, 5.74) is 0. The predicted octanol–water partition coefficient (Wildman–Crippen LogP) is 2.03. The van der Waals surface area contributed by atoms with Crippen molar-refractivity contribution in [2.45, 2.75) is 17.1 Å². The Morgan fingerprint density at radius 3 is 2.59 bits per heavy atom. The van der Waals surface area contributed by atoms with E-state index in [1.54, 1.807) is 11.8 Å². The number of morpholine rings is 1. The van der Waals surface area contributed by atoms with Crippen molar-refractivity contribution >= 4 is 17.7 Å². The molecule has 0 spiro atoms. The zero-order valence-electron chi connectivity index (χ0n) is 9.96. The second kappa shape index (κ2) is 6.07. The zero-order chi connectivity index (χ0) is 12.1. The van der Waals surface area contributed by atoms with Crippen LogP contribution >= 0.6 is 11.8 Å². The molecular formula is C13H17NO2S. The molecule has 1 heterocycles. The molecule has 0 saturated carbocycles. The summed E-state index contributed by atoms with van der Waals surface area (Å²) in [5.74, 6) is 0.210. The first kappa shape index (κ1) is 12.5. The highest BCUT2D eigenvalue weighted by Crippen LogP contribution is 2.24. The molecule has 0 unspecified atom stereocenters. The van der Waals surface area contributed by atoms with Gasteiger partial charge in [-0.15, -0.1) is 11.8 Å². The van der Waals surface area contributed by atoms with E-state index in [-0.39, 0.29) is 11.2 Å². The Hall–Kier alpha value is -1.00. The minimum Gasteiger partial charge on any atom is -0.378 e. The van der Waals surface area contributed by atoms with E-state index in [0.29, 0.717) is 13.2 Å². The second-order valence-electron chi connectivity index (χ2n) is 4.01. The van der Waals surface area contributed by atoms with Gasteiger partial charge in [-0.25, -0.2) is 0 Å². The van der Waals surface area contributed by atoms with Crippen LogP contribution in [0.15, 0.2) is 35.2 Å². The lowest BCUT2D eigenvalue weighted by molar-refractivity contribution is -0.134. The van der Waals surface area contributed by atoms with Gasteiger partial charge in [-0.2, -0.15) is 0 Å². The van der Waals surface area contributed by atoms with Crippen molar-refractivity contribution in [3.8, 4) is 0 Å². The zero-order valence-corrected chi connectivity index (χ0v) is 10.8. The Bertz CT molecular complexity index is 363. The lowest BCUT2D eigenvalue weighted by Crippen LogP contribution is -2.44. The Morgan fingerprint density at radius 1 is 1.29 bits per heavy atom. The smallest absolute Gasteiger partial charge is 0.235 e. The molecule has 1 aliphatic heterocycles. The summed E-state index contributed by atoms with van der Waals surface area (Å²) >= 11 is 1.61. The molecule has 1 atom stereocenters. The predicted molar refractivity (Wildman–Crippen MR) is 69.2 cm³/mol. The topological polar surface area (TPSA) is 29.5 Å². The summed E-state index contributed by atoms with van der Waals surface area (Å²) in [6, 6.07) is 10.0. The van der Waals surface area contributed by atoms with Crippen LogP contribution in [-0.4, -0.2) is 42.4 Å². The summed E-state index contributed by atoms with van der Waals surface area (Å²) in [5, 5.41) is -0.0319. The van der Waals surface area contributed by atoms with Gasteiger partial charge >= 0.3 is 0 Å². The maximum absolute atomic E-state index is 12.2. The molecule has 1 saturated heterocycles. The average molecular weight is 251 g/mol. The van der Waals surface area contributed by atoms with E-state index < -0.39 is 0 Å². The van der Waals surface area contributed by atoms with Crippen molar-refractivity contribution in [3.63, 3.8) is 0 Å².